The first-order valence-corrected chi connectivity index (χ1v) is 11.9. The van der Waals surface area contributed by atoms with Crippen molar-refractivity contribution in [1.82, 2.24) is 9.62 Å². The molecule has 1 heterocycles. The Morgan fingerprint density at radius 2 is 1.79 bits per heavy atom. The van der Waals surface area contributed by atoms with E-state index in [1.165, 1.54) is 23.4 Å². The lowest BCUT2D eigenvalue weighted by Crippen LogP contribution is -2.45. The minimum Gasteiger partial charge on any atom is -0.348 e. The summed E-state index contributed by atoms with van der Waals surface area (Å²) in [5.41, 5.74) is -0.115. The van der Waals surface area contributed by atoms with Crippen LogP contribution in [0.25, 0.3) is 0 Å². The highest BCUT2D eigenvalue weighted by Gasteiger charge is 2.33. The van der Waals surface area contributed by atoms with E-state index >= 15 is 0 Å². The Balaban J connectivity index is 1.60. The third kappa shape index (κ3) is 5.91. The molecule has 0 spiro atoms. The summed E-state index contributed by atoms with van der Waals surface area (Å²) in [6, 6.07) is 5.74. The molecule has 0 aliphatic carbocycles. The highest BCUT2D eigenvalue weighted by Crippen LogP contribution is 2.27. The van der Waals surface area contributed by atoms with Crippen LogP contribution >= 0.6 is 0 Å². The van der Waals surface area contributed by atoms with Crippen LogP contribution in [-0.4, -0.2) is 43.7 Å². The molecule has 7 nitrogen and oxygen atoms in total. The predicted octanol–water partition coefficient (Wildman–Crippen LogP) is 3.10. The lowest BCUT2D eigenvalue weighted by Gasteiger charge is -2.34. The fraction of sp³-hybridized carbons (Fsp3) is 0.364. The van der Waals surface area contributed by atoms with Gasteiger partial charge in [-0.15, -0.1) is 0 Å². The Bertz CT molecular complexity index is 1160. The van der Waals surface area contributed by atoms with Crippen molar-refractivity contribution in [1.29, 1.82) is 0 Å². The molecule has 1 atom stereocenters. The summed E-state index contributed by atoms with van der Waals surface area (Å²) in [5.74, 6) is -4.49. The van der Waals surface area contributed by atoms with Crippen LogP contribution in [0.4, 0.5) is 18.9 Å². The van der Waals surface area contributed by atoms with Crippen LogP contribution < -0.4 is 10.6 Å². The molecule has 1 fully saturated rings. The van der Waals surface area contributed by atoms with Gasteiger partial charge in [0, 0.05) is 25.2 Å². The molecule has 33 heavy (non-hydrogen) atoms. The van der Waals surface area contributed by atoms with Gasteiger partial charge in [0.2, 0.25) is 10.0 Å². The number of carbonyl (C=O) groups excluding carboxylic acids is 2. The minimum absolute atomic E-state index is 0.00182. The number of aryl methyl sites for hydroxylation is 1. The van der Waals surface area contributed by atoms with Crippen molar-refractivity contribution in [2.75, 3.05) is 18.4 Å². The number of rotatable bonds is 6. The largest absolute Gasteiger partial charge is 0.348 e. The molecule has 2 amide bonds. The molecule has 0 saturated carbocycles. The SMILES string of the molecule is Cc1cc(S(=O)(=O)N2CCCCC2CCNC(=O)C(=O)Nc2ccc(F)cc2F)ccc1F. The number of hydrogen-bond acceptors (Lipinski definition) is 4. The van der Waals surface area contributed by atoms with Crippen LogP contribution in [0, 0.1) is 24.4 Å². The zero-order chi connectivity index (χ0) is 24.2. The van der Waals surface area contributed by atoms with E-state index in [2.05, 4.69) is 10.6 Å². The lowest BCUT2D eigenvalue weighted by atomic mass is 10.0. The predicted molar refractivity (Wildman–Crippen MR) is 115 cm³/mol. The molecule has 1 saturated heterocycles. The summed E-state index contributed by atoms with van der Waals surface area (Å²) in [6.07, 6.45) is 2.30. The fourth-order valence-corrected chi connectivity index (χ4v) is 5.50. The Labute approximate surface area is 190 Å². The van der Waals surface area contributed by atoms with Crippen molar-refractivity contribution in [3.8, 4) is 0 Å². The van der Waals surface area contributed by atoms with Crippen LogP contribution in [-0.2, 0) is 19.6 Å². The summed E-state index contributed by atoms with van der Waals surface area (Å²) in [7, 11) is -3.86. The number of sulfonamides is 1. The first kappa shape index (κ1) is 24.7. The number of nitrogens with one attached hydrogen (secondary N) is 2. The van der Waals surface area contributed by atoms with E-state index in [1.807, 2.05) is 0 Å². The van der Waals surface area contributed by atoms with Gasteiger partial charge in [-0.05, 0) is 62.1 Å². The minimum atomic E-state index is -3.86. The van der Waals surface area contributed by atoms with Crippen LogP contribution in [0.1, 0.15) is 31.2 Å². The van der Waals surface area contributed by atoms with E-state index in [4.69, 9.17) is 0 Å². The molecule has 1 aliphatic rings. The van der Waals surface area contributed by atoms with Gasteiger partial charge in [0.15, 0.2) is 0 Å². The zero-order valence-electron chi connectivity index (χ0n) is 17.9. The number of amides is 2. The summed E-state index contributed by atoms with van der Waals surface area (Å²) in [5, 5.41) is 4.45. The Hall–Kier alpha value is -2.92. The van der Waals surface area contributed by atoms with Crippen LogP contribution in [0.3, 0.4) is 0 Å². The maximum atomic E-state index is 13.6. The van der Waals surface area contributed by atoms with Gasteiger partial charge in [-0.25, -0.2) is 21.6 Å². The van der Waals surface area contributed by atoms with Gasteiger partial charge in [0.05, 0.1) is 10.6 Å². The van der Waals surface area contributed by atoms with Gasteiger partial charge in [0.1, 0.15) is 17.5 Å². The molecule has 0 radical (unpaired) electrons. The van der Waals surface area contributed by atoms with Gasteiger partial charge in [-0.1, -0.05) is 6.42 Å². The van der Waals surface area contributed by atoms with E-state index in [-0.39, 0.29) is 29.1 Å². The standard InChI is InChI=1S/C22H24F3N3O4S/c1-14-12-17(6-7-18(14)24)33(31,32)28-11-3-2-4-16(28)9-10-26-21(29)22(30)27-20-8-5-15(23)13-19(20)25/h5-8,12-13,16H,2-4,9-11H2,1H3,(H,26,29)(H,27,30). The molecule has 1 aliphatic heterocycles. The van der Waals surface area contributed by atoms with E-state index in [0.717, 1.165) is 24.6 Å². The molecule has 2 aromatic carbocycles. The molecule has 178 valence electrons. The van der Waals surface area contributed by atoms with E-state index in [1.54, 1.807) is 0 Å². The summed E-state index contributed by atoms with van der Waals surface area (Å²) in [6.45, 7) is 1.79. The first-order chi connectivity index (χ1) is 15.6. The monoisotopic (exact) mass is 483 g/mol. The molecular weight excluding hydrogens is 459 g/mol. The first-order valence-electron chi connectivity index (χ1n) is 10.4. The third-order valence-corrected chi connectivity index (χ3v) is 7.41. The topological polar surface area (TPSA) is 95.6 Å². The second kappa shape index (κ2) is 10.3. The molecule has 3 rings (SSSR count). The van der Waals surface area contributed by atoms with Crippen LogP contribution in [0.2, 0.25) is 0 Å². The van der Waals surface area contributed by atoms with Crippen molar-refractivity contribution in [2.45, 2.75) is 43.5 Å². The quantitative estimate of drug-likeness (QED) is 0.618. The molecule has 2 N–H and O–H groups in total. The molecular formula is C22H24F3N3O4S. The summed E-state index contributed by atoms with van der Waals surface area (Å²) in [4.78, 5) is 24.0. The molecule has 0 aromatic heterocycles. The Morgan fingerprint density at radius 3 is 2.48 bits per heavy atom. The van der Waals surface area contributed by atoms with Gasteiger partial charge >= 0.3 is 11.8 Å². The van der Waals surface area contributed by atoms with Crippen LogP contribution in [0.5, 0.6) is 0 Å². The maximum Gasteiger partial charge on any atom is 0.313 e. The number of carbonyl (C=O) groups is 2. The van der Waals surface area contributed by atoms with Gasteiger partial charge in [-0.2, -0.15) is 4.31 Å². The van der Waals surface area contributed by atoms with Gasteiger partial charge in [0.25, 0.3) is 0 Å². The average Bonchev–Trinajstić information content (AvgIpc) is 2.77. The van der Waals surface area contributed by atoms with Crippen molar-refractivity contribution in [3.63, 3.8) is 0 Å². The number of halogens is 3. The van der Waals surface area contributed by atoms with E-state index in [9.17, 15) is 31.2 Å². The molecule has 1 unspecified atom stereocenters. The normalized spacial score (nSPS) is 16.9. The van der Waals surface area contributed by atoms with Crippen LogP contribution in [0.15, 0.2) is 41.3 Å². The smallest absolute Gasteiger partial charge is 0.313 e. The number of benzene rings is 2. The second-order valence-corrected chi connectivity index (χ2v) is 9.69. The van der Waals surface area contributed by atoms with E-state index < -0.39 is 45.3 Å². The Morgan fingerprint density at radius 1 is 1.03 bits per heavy atom. The van der Waals surface area contributed by atoms with Gasteiger partial charge in [-0.3, -0.25) is 9.59 Å². The molecule has 0 bridgehead atoms. The number of nitrogens with zero attached hydrogens (tertiary/aromatic N) is 1. The summed E-state index contributed by atoms with van der Waals surface area (Å²) < 4.78 is 67.7. The Kier molecular flexibility index (Phi) is 7.75. The summed E-state index contributed by atoms with van der Waals surface area (Å²) >= 11 is 0. The fourth-order valence-electron chi connectivity index (χ4n) is 3.69. The third-order valence-electron chi connectivity index (χ3n) is 5.46. The van der Waals surface area contributed by atoms with Crippen molar-refractivity contribution in [3.05, 3.63) is 59.4 Å². The van der Waals surface area contributed by atoms with Crippen molar-refractivity contribution >= 4 is 27.5 Å². The highest BCUT2D eigenvalue weighted by atomic mass is 32.2. The van der Waals surface area contributed by atoms with E-state index in [0.29, 0.717) is 25.5 Å². The number of piperidine rings is 1. The molecule has 2 aromatic rings. The highest BCUT2D eigenvalue weighted by molar-refractivity contribution is 7.89. The number of hydrogen-bond donors (Lipinski definition) is 2. The zero-order valence-corrected chi connectivity index (χ0v) is 18.7. The molecule has 11 heteroatoms. The van der Waals surface area contributed by atoms with Gasteiger partial charge < -0.3 is 10.6 Å². The average molecular weight is 484 g/mol. The van der Waals surface area contributed by atoms with Crippen molar-refractivity contribution < 1.29 is 31.2 Å². The second-order valence-electron chi connectivity index (χ2n) is 7.80. The maximum absolute atomic E-state index is 13.6. The number of anilines is 1. The lowest BCUT2D eigenvalue weighted by molar-refractivity contribution is -0.136. The van der Waals surface area contributed by atoms with Crippen molar-refractivity contribution in [2.24, 2.45) is 0 Å².